The first-order chi connectivity index (χ1) is 15.9. The summed E-state index contributed by atoms with van der Waals surface area (Å²) in [5, 5.41) is 0.621. The molecule has 6 heteroatoms. The largest absolute Gasteiger partial charge is 0.497 e. The zero-order valence-electron chi connectivity index (χ0n) is 17.5. The summed E-state index contributed by atoms with van der Waals surface area (Å²) in [6.07, 6.45) is 0.290. The van der Waals surface area contributed by atoms with Crippen molar-refractivity contribution in [2.24, 2.45) is 0 Å². The van der Waals surface area contributed by atoms with E-state index in [0.717, 1.165) is 18.2 Å². The van der Waals surface area contributed by atoms with Gasteiger partial charge in [0.15, 0.2) is 11.6 Å². The molecule has 0 amide bonds. The van der Waals surface area contributed by atoms with E-state index in [-0.39, 0.29) is 35.1 Å². The minimum atomic E-state index is -0.930. The van der Waals surface area contributed by atoms with Crippen molar-refractivity contribution in [2.45, 2.75) is 12.8 Å². The van der Waals surface area contributed by atoms with Gasteiger partial charge in [-0.15, -0.1) is 0 Å². The lowest BCUT2D eigenvalue weighted by atomic mass is 10.0. The first-order valence-electron chi connectivity index (χ1n) is 10.1. The number of hydrogen-bond acceptors (Lipinski definition) is 1. The van der Waals surface area contributed by atoms with Crippen LogP contribution in [0.25, 0.3) is 10.8 Å². The molecule has 33 heavy (non-hydrogen) atoms. The van der Waals surface area contributed by atoms with Gasteiger partial charge in [0, 0.05) is 28.6 Å². The Balaban J connectivity index is 1.51. The molecule has 0 aromatic heterocycles. The van der Waals surface area contributed by atoms with Crippen molar-refractivity contribution in [3.63, 3.8) is 0 Å². The highest BCUT2D eigenvalue weighted by Crippen LogP contribution is 2.23. The highest BCUT2D eigenvalue weighted by atomic mass is 19.2. The number of benzene rings is 4. The zero-order chi connectivity index (χ0) is 23.5. The van der Waals surface area contributed by atoms with E-state index in [1.165, 1.54) is 37.4 Å². The lowest BCUT2D eigenvalue weighted by molar-refractivity contribution is 0.405. The number of ether oxygens (including phenoxy) is 1. The molecule has 4 aromatic carbocycles. The Morgan fingerprint density at radius 1 is 0.697 bits per heavy atom. The van der Waals surface area contributed by atoms with Crippen molar-refractivity contribution in [3.8, 4) is 17.6 Å². The van der Waals surface area contributed by atoms with Crippen LogP contribution in [-0.2, 0) is 12.8 Å². The Morgan fingerprint density at radius 3 is 2.15 bits per heavy atom. The van der Waals surface area contributed by atoms with E-state index in [1.807, 2.05) is 0 Å². The topological polar surface area (TPSA) is 9.23 Å². The Morgan fingerprint density at radius 2 is 1.45 bits per heavy atom. The van der Waals surface area contributed by atoms with Gasteiger partial charge in [-0.05, 0) is 54.1 Å². The number of methoxy groups -OCH3 is 1. The number of hydrogen-bond donors (Lipinski definition) is 0. The molecule has 0 spiro atoms. The molecule has 0 N–H and O–H groups in total. The molecule has 0 aliphatic rings. The first-order valence-corrected chi connectivity index (χ1v) is 10.1. The van der Waals surface area contributed by atoms with Crippen LogP contribution >= 0.6 is 0 Å². The van der Waals surface area contributed by atoms with E-state index in [4.69, 9.17) is 4.74 Å². The summed E-state index contributed by atoms with van der Waals surface area (Å²) < 4.78 is 74.7. The first kappa shape index (κ1) is 22.3. The second-order valence-corrected chi connectivity index (χ2v) is 7.43. The standard InChI is InChI=1S/C27H17F5O/c1-33-20-14-25(30)22(26(31)15-20)10-5-17-3-7-18(24(29)13-17)6-2-16-4-9-21-19(12-16)8-11-23(28)27(21)32/h3-4,7-9,11-15H,5,10H2,1H3. The Labute approximate surface area is 187 Å². The maximum Gasteiger partial charge on any atom is 0.166 e. The third kappa shape index (κ3) is 4.83. The fourth-order valence-corrected chi connectivity index (χ4v) is 3.50. The molecule has 0 fully saturated rings. The molecule has 0 atom stereocenters. The molecule has 0 heterocycles. The van der Waals surface area contributed by atoms with Crippen LogP contribution in [0.5, 0.6) is 5.75 Å². The zero-order valence-corrected chi connectivity index (χ0v) is 17.5. The Bertz CT molecular complexity index is 1390. The van der Waals surface area contributed by atoms with Gasteiger partial charge >= 0.3 is 0 Å². The molecule has 4 rings (SSSR count). The number of rotatable bonds is 4. The van der Waals surface area contributed by atoms with E-state index < -0.39 is 29.1 Å². The Hall–Kier alpha value is -3.85. The van der Waals surface area contributed by atoms with Gasteiger partial charge in [-0.25, -0.2) is 22.0 Å². The van der Waals surface area contributed by atoms with Crippen LogP contribution < -0.4 is 4.74 Å². The monoisotopic (exact) mass is 452 g/mol. The van der Waals surface area contributed by atoms with Gasteiger partial charge < -0.3 is 4.74 Å². The summed E-state index contributed by atoms with van der Waals surface area (Å²) >= 11 is 0. The number of fused-ring (bicyclic) bond motifs is 1. The molecule has 166 valence electrons. The summed E-state index contributed by atoms with van der Waals surface area (Å²) in [4.78, 5) is 0. The highest BCUT2D eigenvalue weighted by Gasteiger charge is 2.12. The van der Waals surface area contributed by atoms with Gasteiger partial charge in [-0.2, -0.15) is 0 Å². The molecular formula is C27H17F5O. The molecular weight excluding hydrogens is 435 g/mol. The van der Waals surface area contributed by atoms with E-state index in [0.29, 0.717) is 16.5 Å². The van der Waals surface area contributed by atoms with Crippen molar-refractivity contribution >= 4 is 10.8 Å². The normalized spacial score (nSPS) is 10.7. The molecule has 0 saturated heterocycles. The molecule has 4 aromatic rings. The number of aryl methyl sites for hydroxylation is 1. The van der Waals surface area contributed by atoms with E-state index in [9.17, 15) is 22.0 Å². The average Bonchev–Trinajstić information content (AvgIpc) is 2.80. The minimum absolute atomic E-state index is 0.0559. The fraction of sp³-hybridized carbons (Fsp3) is 0.111. The third-order valence-corrected chi connectivity index (χ3v) is 5.30. The van der Waals surface area contributed by atoms with Gasteiger partial charge in [-0.1, -0.05) is 30.0 Å². The predicted molar refractivity (Wildman–Crippen MR) is 117 cm³/mol. The van der Waals surface area contributed by atoms with Gasteiger partial charge in [0.05, 0.1) is 12.7 Å². The van der Waals surface area contributed by atoms with Gasteiger partial charge in [-0.3, -0.25) is 0 Å². The predicted octanol–water partition coefficient (Wildman–Crippen LogP) is 6.73. The Kier molecular flexibility index (Phi) is 6.32. The maximum absolute atomic E-state index is 14.5. The van der Waals surface area contributed by atoms with Crippen LogP contribution in [0.2, 0.25) is 0 Å². The quantitative estimate of drug-likeness (QED) is 0.247. The van der Waals surface area contributed by atoms with E-state index in [1.54, 1.807) is 12.1 Å². The molecule has 0 bridgehead atoms. The highest BCUT2D eigenvalue weighted by molar-refractivity contribution is 5.84. The van der Waals surface area contributed by atoms with Crippen molar-refractivity contribution in [2.75, 3.05) is 7.11 Å². The lowest BCUT2D eigenvalue weighted by Gasteiger charge is -2.08. The second-order valence-electron chi connectivity index (χ2n) is 7.43. The van der Waals surface area contributed by atoms with Gasteiger partial charge in [0.2, 0.25) is 0 Å². The molecule has 0 aliphatic carbocycles. The summed E-state index contributed by atoms with van der Waals surface area (Å²) in [5.74, 6) is 1.78. The average molecular weight is 452 g/mol. The summed E-state index contributed by atoms with van der Waals surface area (Å²) in [6.45, 7) is 0. The van der Waals surface area contributed by atoms with Crippen LogP contribution in [0.15, 0.2) is 60.7 Å². The van der Waals surface area contributed by atoms with Crippen molar-refractivity contribution in [3.05, 3.63) is 112 Å². The fourth-order valence-electron chi connectivity index (χ4n) is 3.50. The minimum Gasteiger partial charge on any atom is -0.497 e. The van der Waals surface area contributed by atoms with Crippen LogP contribution in [-0.4, -0.2) is 7.11 Å². The van der Waals surface area contributed by atoms with Crippen LogP contribution in [0.4, 0.5) is 22.0 Å². The second kappa shape index (κ2) is 9.33. The van der Waals surface area contributed by atoms with Gasteiger partial charge in [0.25, 0.3) is 0 Å². The van der Waals surface area contributed by atoms with Crippen molar-refractivity contribution < 1.29 is 26.7 Å². The number of halogens is 5. The molecule has 0 saturated carbocycles. The molecule has 0 aliphatic heterocycles. The summed E-state index contributed by atoms with van der Waals surface area (Å²) in [5.41, 5.74) is 1.14. The lowest BCUT2D eigenvalue weighted by Crippen LogP contribution is -2.01. The molecule has 0 radical (unpaired) electrons. The van der Waals surface area contributed by atoms with E-state index in [2.05, 4.69) is 11.8 Å². The van der Waals surface area contributed by atoms with Crippen LogP contribution in [0, 0.1) is 40.9 Å². The maximum atomic E-state index is 14.5. The van der Waals surface area contributed by atoms with Crippen LogP contribution in [0.3, 0.4) is 0 Å². The van der Waals surface area contributed by atoms with Crippen LogP contribution in [0.1, 0.15) is 22.3 Å². The third-order valence-electron chi connectivity index (χ3n) is 5.30. The van der Waals surface area contributed by atoms with E-state index >= 15 is 0 Å². The summed E-state index contributed by atoms with van der Waals surface area (Å²) in [6, 6.07) is 13.7. The molecule has 0 unspecified atom stereocenters. The summed E-state index contributed by atoms with van der Waals surface area (Å²) in [7, 11) is 1.32. The smallest absolute Gasteiger partial charge is 0.166 e. The van der Waals surface area contributed by atoms with Crippen molar-refractivity contribution in [1.29, 1.82) is 0 Å². The van der Waals surface area contributed by atoms with Gasteiger partial charge in [0.1, 0.15) is 23.2 Å². The SMILES string of the molecule is COc1cc(F)c(CCc2ccc(C#Cc3ccc4c(F)c(F)ccc4c3)c(F)c2)c(F)c1. The molecule has 1 nitrogen and oxygen atoms in total. The van der Waals surface area contributed by atoms with Crippen molar-refractivity contribution in [1.82, 2.24) is 0 Å².